The highest BCUT2D eigenvalue weighted by molar-refractivity contribution is 7.17. The molecule has 0 saturated heterocycles. The lowest BCUT2D eigenvalue weighted by Crippen LogP contribution is -1.97. The van der Waals surface area contributed by atoms with Crippen LogP contribution in [0.5, 0.6) is 5.75 Å². The number of aromatic nitrogens is 4. The van der Waals surface area contributed by atoms with Gasteiger partial charge in [0.1, 0.15) is 10.8 Å². The number of nitrogens with zero attached hydrogens (tertiary/aromatic N) is 4. The molecule has 4 rings (SSSR count). The van der Waals surface area contributed by atoms with E-state index in [1.165, 1.54) is 11.3 Å². The molecule has 2 aromatic heterocycles. The first-order valence-corrected chi connectivity index (χ1v) is 9.19. The summed E-state index contributed by atoms with van der Waals surface area (Å²) in [5, 5.41) is 14.6. The van der Waals surface area contributed by atoms with Gasteiger partial charge in [-0.1, -0.05) is 59.3 Å². The Labute approximate surface area is 159 Å². The number of rotatable bonds is 5. The normalized spacial score (nSPS) is 11.5. The minimum Gasteiger partial charge on any atom is -0.497 e. The van der Waals surface area contributed by atoms with E-state index in [-0.39, 0.29) is 0 Å². The maximum absolute atomic E-state index is 6.18. The summed E-state index contributed by atoms with van der Waals surface area (Å²) in [6, 6.07) is 15.6. The average Bonchev–Trinajstić information content (AvgIpc) is 3.23. The van der Waals surface area contributed by atoms with E-state index in [9.17, 15) is 0 Å². The second-order valence-corrected chi connectivity index (χ2v) is 7.03. The number of hydrogen-bond donors (Lipinski definition) is 0. The Hall–Kier alpha value is -2.70. The molecule has 0 N–H and O–H groups in total. The molecule has 7 heteroatoms. The highest BCUT2D eigenvalue weighted by Gasteiger charge is 2.11. The van der Waals surface area contributed by atoms with Gasteiger partial charge in [-0.15, -0.1) is 10.2 Å². The van der Waals surface area contributed by atoms with Gasteiger partial charge in [0.25, 0.3) is 0 Å². The molecule has 0 radical (unpaired) electrons. The summed E-state index contributed by atoms with van der Waals surface area (Å²) in [5.41, 5.74) is 2.08. The van der Waals surface area contributed by atoms with Gasteiger partial charge >= 0.3 is 0 Å². The molecule has 0 aliphatic carbocycles. The zero-order valence-electron chi connectivity index (χ0n) is 14.0. The number of halogens is 1. The standard InChI is InChI=1S/C19H15ClN4OS/c1-25-15-9-6-13(7-10-15)12-17-21-22-19-24(17)23-18(26-19)11-8-14-4-2-3-5-16(14)20/h2-11H,12H2,1H3/b11-8+. The summed E-state index contributed by atoms with van der Waals surface area (Å²) >= 11 is 7.67. The first-order chi connectivity index (χ1) is 12.7. The van der Waals surface area contributed by atoms with Crippen molar-refractivity contribution in [3.8, 4) is 5.75 Å². The second-order valence-electron chi connectivity index (χ2n) is 5.63. The zero-order chi connectivity index (χ0) is 17.9. The molecule has 0 atom stereocenters. The van der Waals surface area contributed by atoms with Crippen molar-refractivity contribution >= 4 is 40.1 Å². The van der Waals surface area contributed by atoms with E-state index in [0.717, 1.165) is 32.7 Å². The molecular weight excluding hydrogens is 368 g/mol. The fourth-order valence-corrected chi connectivity index (χ4v) is 3.51. The first kappa shape index (κ1) is 16.8. The molecule has 0 amide bonds. The Bertz CT molecular complexity index is 1070. The van der Waals surface area contributed by atoms with E-state index in [0.29, 0.717) is 11.4 Å². The fourth-order valence-electron chi connectivity index (χ4n) is 2.55. The topological polar surface area (TPSA) is 52.3 Å². The molecule has 0 spiro atoms. The molecule has 0 fully saturated rings. The molecule has 26 heavy (non-hydrogen) atoms. The summed E-state index contributed by atoms with van der Waals surface area (Å²) in [6.45, 7) is 0. The van der Waals surface area contributed by atoms with Gasteiger partial charge in [0.15, 0.2) is 5.82 Å². The lowest BCUT2D eigenvalue weighted by molar-refractivity contribution is 0.414. The van der Waals surface area contributed by atoms with Crippen LogP contribution in [0.25, 0.3) is 17.1 Å². The van der Waals surface area contributed by atoms with Crippen LogP contribution in [0.15, 0.2) is 48.5 Å². The van der Waals surface area contributed by atoms with E-state index in [2.05, 4.69) is 15.3 Å². The number of methoxy groups -OCH3 is 1. The largest absolute Gasteiger partial charge is 0.497 e. The van der Waals surface area contributed by atoms with Gasteiger partial charge in [-0.25, -0.2) is 0 Å². The molecule has 4 aromatic rings. The van der Waals surface area contributed by atoms with Gasteiger partial charge in [0.2, 0.25) is 4.96 Å². The molecule has 0 aliphatic rings. The van der Waals surface area contributed by atoms with Crippen molar-refractivity contribution in [2.24, 2.45) is 0 Å². The van der Waals surface area contributed by atoms with Crippen LogP contribution in [-0.2, 0) is 6.42 Å². The van der Waals surface area contributed by atoms with Crippen molar-refractivity contribution in [1.29, 1.82) is 0 Å². The van der Waals surface area contributed by atoms with Crippen molar-refractivity contribution in [3.63, 3.8) is 0 Å². The third kappa shape index (κ3) is 3.47. The van der Waals surface area contributed by atoms with Gasteiger partial charge < -0.3 is 4.74 Å². The van der Waals surface area contributed by atoms with E-state index in [1.54, 1.807) is 11.6 Å². The van der Waals surface area contributed by atoms with Gasteiger partial charge in [-0.3, -0.25) is 0 Å². The molecule has 130 valence electrons. The number of hydrogen-bond acceptors (Lipinski definition) is 5. The number of fused-ring (bicyclic) bond motifs is 1. The summed E-state index contributed by atoms with van der Waals surface area (Å²) < 4.78 is 6.98. The van der Waals surface area contributed by atoms with Gasteiger partial charge in [-0.05, 0) is 35.4 Å². The molecule has 2 heterocycles. The quantitative estimate of drug-likeness (QED) is 0.505. The van der Waals surface area contributed by atoms with E-state index in [1.807, 2.05) is 60.7 Å². The Morgan fingerprint density at radius 1 is 1.08 bits per heavy atom. The molecule has 2 aromatic carbocycles. The minimum absolute atomic E-state index is 0.655. The van der Waals surface area contributed by atoms with Crippen molar-refractivity contribution in [1.82, 2.24) is 19.8 Å². The Morgan fingerprint density at radius 3 is 2.65 bits per heavy atom. The lowest BCUT2D eigenvalue weighted by Gasteiger charge is -2.01. The van der Waals surface area contributed by atoms with E-state index in [4.69, 9.17) is 16.3 Å². The highest BCUT2D eigenvalue weighted by Crippen LogP contribution is 2.21. The summed E-state index contributed by atoms with van der Waals surface area (Å²) in [6.07, 6.45) is 4.55. The van der Waals surface area contributed by atoms with Crippen molar-refractivity contribution in [2.45, 2.75) is 6.42 Å². The van der Waals surface area contributed by atoms with Gasteiger partial charge in [0.05, 0.1) is 7.11 Å². The summed E-state index contributed by atoms with van der Waals surface area (Å²) in [5.74, 6) is 1.64. The van der Waals surface area contributed by atoms with Crippen LogP contribution >= 0.6 is 22.9 Å². The zero-order valence-corrected chi connectivity index (χ0v) is 15.5. The average molecular weight is 383 g/mol. The predicted octanol–water partition coefficient (Wildman–Crippen LogP) is 4.61. The van der Waals surface area contributed by atoms with Crippen LogP contribution in [0.2, 0.25) is 5.02 Å². The SMILES string of the molecule is COc1ccc(Cc2nnc3sc(/C=C/c4ccccc4Cl)nn23)cc1. The monoisotopic (exact) mass is 382 g/mol. The Morgan fingerprint density at radius 2 is 1.88 bits per heavy atom. The van der Waals surface area contributed by atoms with Crippen LogP contribution in [0, 0.1) is 0 Å². The first-order valence-electron chi connectivity index (χ1n) is 7.99. The maximum atomic E-state index is 6.18. The molecule has 5 nitrogen and oxygen atoms in total. The van der Waals surface area contributed by atoms with Crippen LogP contribution < -0.4 is 4.74 Å². The number of benzene rings is 2. The highest BCUT2D eigenvalue weighted by atomic mass is 35.5. The molecule has 0 unspecified atom stereocenters. The van der Waals surface area contributed by atoms with Gasteiger partial charge in [-0.2, -0.15) is 9.61 Å². The van der Waals surface area contributed by atoms with Crippen molar-refractivity contribution < 1.29 is 4.74 Å². The molecule has 0 aliphatic heterocycles. The van der Waals surface area contributed by atoms with Crippen molar-refractivity contribution in [2.75, 3.05) is 7.11 Å². The minimum atomic E-state index is 0.655. The summed E-state index contributed by atoms with van der Waals surface area (Å²) in [7, 11) is 1.66. The number of ether oxygens (including phenoxy) is 1. The smallest absolute Gasteiger partial charge is 0.234 e. The Kier molecular flexibility index (Phi) is 4.69. The maximum Gasteiger partial charge on any atom is 0.234 e. The van der Waals surface area contributed by atoms with E-state index < -0.39 is 0 Å². The third-order valence-corrected chi connectivity index (χ3v) is 5.11. The van der Waals surface area contributed by atoms with Crippen molar-refractivity contribution in [3.05, 3.63) is 75.5 Å². The van der Waals surface area contributed by atoms with Crippen LogP contribution in [0.1, 0.15) is 22.0 Å². The Balaban J connectivity index is 1.57. The molecule has 0 saturated carbocycles. The molecule has 0 bridgehead atoms. The predicted molar refractivity (Wildman–Crippen MR) is 105 cm³/mol. The molecular formula is C19H15ClN4OS. The van der Waals surface area contributed by atoms with Gasteiger partial charge in [0, 0.05) is 11.4 Å². The lowest BCUT2D eigenvalue weighted by atomic mass is 10.1. The van der Waals surface area contributed by atoms with Crippen LogP contribution in [0.4, 0.5) is 0 Å². The van der Waals surface area contributed by atoms with Crippen LogP contribution in [-0.4, -0.2) is 26.9 Å². The summed E-state index contributed by atoms with van der Waals surface area (Å²) in [4.78, 5) is 0.771. The third-order valence-electron chi connectivity index (χ3n) is 3.90. The van der Waals surface area contributed by atoms with Crippen LogP contribution in [0.3, 0.4) is 0 Å². The fraction of sp³-hybridized carbons (Fsp3) is 0.105. The second kappa shape index (κ2) is 7.27. The van der Waals surface area contributed by atoms with E-state index >= 15 is 0 Å².